The van der Waals surface area contributed by atoms with Gasteiger partial charge in [-0.2, -0.15) is 0 Å². The second-order valence-corrected chi connectivity index (χ2v) is 3.39. The molecule has 0 aromatic carbocycles. The van der Waals surface area contributed by atoms with Crippen LogP contribution >= 0.6 is 0 Å². The third-order valence-electron chi connectivity index (χ3n) is 1.78. The van der Waals surface area contributed by atoms with Crippen LogP contribution in [0.25, 0.3) is 0 Å². The van der Waals surface area contributed by atoms with Crippen molar-refractivity contribution < 1.29 is 28.5 Å². The molecule has 0 bridgehead atoms. The van der Waals surface area contributed by atoms with Crippen LogP contribution in [-0.4, -0.2) is 51.1 Å². The lowest BCUT2D eigenvalue weighted by Crippen LogP contribution is -2.25. The van der Waals surface area contributed by atoms with Crippen molar-refractivity contribution in [1.82, 2.24) is 0 Å². The third kappa shape index (κ3) is 16.9. The van der Waals surface area contributed by atoms with E-state index in [0.717, 1.165) is 13.2 Å². The second-order valence-electron chi connectivity index (χ2n) is 3.39. The van der Waals surface area contributed by atoms with Gasteiger partial charge in [-0.05, 0) is 27.7 Å². The fourth-order valence-electron chi connectivity index (χ4n) is 0.942. The molecule has 1 unspecified atom stereocenters. The minimum atomic E-state index is -0.620. The van der Waals surface area contributed by atoms with Crippen molar-refractivity contribution >= 4 is 11.9 Å². The lowest BCUT2D eigenvalue weighted by Gasteiger charge is -2.11. The molecule has 19 heavy (non-hydrogen) atoms. The van der Waals surface area contributed by atoms with Crippen molar-refractivity contribution in [3.05, 3.63) is 0 Å². The minimum Gasteiger partial charge on any atom is -0.464 e. The van der Waals surface area contributed by atoms with E-state index in [1.54, 1.807) is 13.8 Å². The molecule has 6 nitrogen and oxygen atoms in total. The van der Waals surface area contributed by atoms with Crippen molar-refractivity contribution in [1.29, 1.82) is 0 Å². The zero-order valence-corrected chi connectivity index (χ0v) is 12.6. The average Bonchev–Trinajstić information content (AvgIpc) is 2.36. The Bertz CT molecular complexity index is 227. The van der Waals surface area contributed by atoms with E-state index in [0.29, 0.717) is 6.61 Å². The van der Waals surface area contributed by atoms with Crippen LogP contribution in [0.5, 0.6) is 0 Å². The molecule has 0 heterocycles. The van der Waals surface area contributed by atoms with Crippen molar-refractivity contribution in [2.24, 2.45) is 0 Å². The maximum absolute atomic E-state index is 11.0. The summed E-state index contributed by atoms with van der Waals surface area (Å²) in [4.78, 5) is 21.4. The van der Waals surface area contributed by atoms with Crippen LogP contribution in [0.2, 0.25) is 0 Å². The molecule has 0 saturated heterocycles. The fraction of sp³-hybridized carbons (Fsp3) is 0.846. The van der Waals surface area contributed by atoms with Crippen LogP contribution < -0.4 is 0 Å². The topological polar surface area (TPSA) is 71.1 Å². The molecule has 6 heteroatoms. The van der Waals surface area contributed by atoms with Crippen LogP contribution in [0, 0.1) is 0 Å². The van der Waals surface area contributed by atoms with E-state index in [1.165, 1.54) is 6.92 Å². The van der Waals surface area contributed by atoms with Gasteiger partial charge in [-0.3, -0.25) is 4.79 Å². The molecule has 0 amide bonds. The van der Waals surface area contributed by atoms with Gasteiger partial charge in [0.15, 0.2) is 6.10 Å². The molecule has 0 N–H and O–H groups in total. The molecule has 0 spiro atoms. The van der Waals surface area contributed by atoms with Gasteiger partial charge in [-0.15, -0.1) is 0 Å². The summed E-state index contributed by atoms with van der Waals surface area (Å²) in [5, 5.41) is 0. The first-order valence-corrected chi connectivity index (χ1v) is 6.48. The van der Waals surface area contributed by atoms with Gasteiger partial charge in [0.1, 0.15) is 6.61 Å². The van der Waals surface area contributed by atoms with Crippen LogP contribution in [-0.2, 0) is 28.5 Å². The first-order chi connectivity index (χ1) is 8.99. The van der Waals surface area contributed by atoms with Crippen molar-refractivity contribution in [3.8, 4) is 0 Å². The first-order valence-electron chi connectivity index (χ1n) is 6.48. The summed E-state index contributed by atoms with van der Waals surface area (Å²) in [6.07, 6.45) is -0.620. The minimum absolute atomic E-state index is 0.152. The quantitative estimate of drug-likeness (QED) is 0.495. The van der Waals surface area contributed by atoms with Crippen molar-refractivity contribution in [2.75, 3.05) is 33.0 Å². The van der Waals surface area contributed by atoms with Gasteiger partial charge in [0.2, 0.25) is 0 Å². The summed E-state index contributed by atoms with van der Waals surface area (Å²) in [5.74, 6) is -0.771. The zero-order valence-electron chi connectivity index (χ0n) is 12.6. The average molecular weight is 278 g/mol. The van der Waals surface area contributed by atoms with Gasteiger partial charge in [-0.1, -0.05) is 0 Å². The Morgan fingerprint density at radius 3 is 1.89 bits per heavy atom. The number of rotatable bonds is 8. The molecule has 0 aliphatic carbocycles. The van der Waals surface area contributed by atoms with E-state index in [2.05, 4.69) is 4.74 Å². The van der Waals surface area contributed by atoms with Gasteiger partial charge in [0, 0.05) is 20.1 Å². The smallest absolute Gasteiger partial charge is 0.334 e. The predicted molar refractivity (Wildman–Crippen MR) is 70.8 cm³/mol. The SMILES string of the molecule is CCOC(=O)C(C)OCCOC(C)=O.CCOCC. The highest BCUT2D eigenvalue weighted by molar-refractivity contribution is 5.74. The van der Waals surface area contributed by atoms with Crippen LogP contribution in [0.15, 0.2) is 0 Å². The highest BCUT2D eigenvalue weighted by Crippen LogP contribution is 1.94. The van der Waals surface area contributed by atoms with Crippen LogP contribution in [0.1, 0.15) is 34.6 Å². The van der Waals surface area contributed by atoms with Gasteiger partial charge < -0.3 is 18.9 Å². The molecule has 114 valence electrons. The molecule has 1 atom stereocenters. The summed E-state index contributed by atoms with van der Waals surface area (Å²) in [5.41, 5.74) is 0. The molecule has 0 saturated carbocycles. The molecule has 0 aromatic rings. The van der Waals surface area contributed by atoms with Crippen LogP contribution in [0.3, 0.4) is 0 Å². The maximum atomic E-state index is 11.0. The maximum Gasteiger partial charge on any atom is 0.334 e. The molecule has 0 aromatic heterocycles. The number of carbonyl (C=O) groups excluding carboxylic acids is 2. The van der Waals surface area contributed by atoms with Gasteiger partial charge in [-0.25, -0.2) is 4.79 Å². The molecule has 0 rings (SSSR count). The van der Waals surface area contributed by atoms with Gasteiger partial charge >= 0.3 is 11.9 Å². The first kappa shape index (κ1) is 20.2. The summed E-state index contributed by atoms with van der Waals surface area (Å²) in [6.45, 7) is 11.0. The number of hydrogen-bond donors (Lipinski definition) is 0. The molecular weight excluding hydrogens is 252 g/mol. The van der Waals surface area contributed by atoms with E-state index >= 15 is 0 Å². The van der Waals surface area contributed by atoms with Crippen LogP contribution in [0.4, 0.5) is 0 Å². The summed E-state index contributed by atoms with van der Waals surface area (Å²) in [7, 11) is 0. The largest absolute Gasteiger partial charge is 0.464 e. The zero-order chi connectivity index (χ0) is 15.1. The van der Waals surface area contributed by atoms with Gasteiger partial charge in [0.05, 0.1) is 13.2 Å². The lowest BCUT2D eigenvalue weighted by molar-refractivity contribution is -0.157. The van der Waals surface area contributed by atoms with Gasteiger partial charge in [0.25, 0.3) is 0 Å². The Labute approximate surface area is 115 Å². The van der Waals surface area contributed by atoms with E-state index in [9.17, 15) is 9.59 Å². The molecular formula is C13H26O6. The second kappa shape index (κ2) is 14.9. The Hall–Kier alpha value is -1.14. The number of carbonyl (C=O) groups is 2. The van der Waals surface area contributed by atoms with E-state index in [1.807, 2.05) is 13.8 Å². The Kier molecular flexibility index (Phi) is 15.8. The Morgan fingerprint density at radius 2 is 1.53 bits per heavy atom. The highest BCUT2D eigenvalue weighted by Gasteiger charge is 2.13. The normalized spacial score (nSPS) is 11.0. The number of ether oxygens (including phenoxy) is 4. The number of esters is 2. The van der Waals surface area contributed by atoms with Crippen molar-refractivity contribution in [3.63, 3.8) is 0 Å². The van der Waals surface area contributed by atoms with Crippen molar-refractivity contribution in [2.45, 2.75) is 40.7 Å². The summed E-state index contributed by atoms with van der Waals surface area (Å²) >= 11 is 0. The predicted octanol–water partition coefficient (Wildman–Crippen LogP) is 1.56. The molecule has 0 fully saturated rings. The van der Waals surface area contributed by atoms with E-state index in [4.69, 9.17) is 14.2 Å². The van der Waals surface area contributed by atoms with E-state index in [-0.39, 0.29) is 19.2 Å². The standard InChI is InChI=1S/C9H16O5.C4H10O/c1-4-12-9(11)7(2)13-5-6-14-8(3)10;1-3-5-4-2/h7H,4-6H2,1-3H3;3-4H2,1-2H3. The summed E-state index contributed by atoms with van der Waals surface area (Å²) in [6, 6.07) is 0. The Morgan fingerprint density at radius 1 is 0.947 bits per heavy atom. The highest BCUT2D eigenvalue weighted by atomic mass is 16.6. The summed E-state index contributed by atoms with van der Waals surface area (Å²) < 4.78 is 19.2. The Balaban J connectivity index is 0. The molecule has 0 aliphatic rings. The fourth-order valence-corrected chi connectivity index (χ4v) is 0.942. The monoisotopic (exact) mass is 278 g/mol. The lowest BCUT2D eigenvalue weighted by atomic mass is 10.4. The molecule has 0 aliphatic heterocycles. The third-order valence-corrected chi connectivity index (χ3v) is 1.78. The molecule has 0 radical (unpaired) electrons. The van der Waals surface area contributed by atoms with E-state index < -0.39 is 12.1 Å². The number of hydrogen-bond acceptors (Lipinski definition) is 6.